The number of anilines is 1. The highest BCUT2D eigenvalue weighted by molar-refractivity contribution is 5.46. The Hall–Kier alpha value is -3.50. The summed E-state index contributed by atoms with van der Waals surface area (Å²) in [7, 11) is 5.66. The van der Waals surface area contributed by atoms with E-state index in [2.05, 4.69) is 27.3 Å². The summed E-state index contributed by atoms with van der Waals surface area (Å²) in [4.78, 5) is 6.36. The van der Waals surface area contributed by atoms with E-state index in [1.54, 1.807) is 7.11 Å². The van der Waals surface area contributed by atoms with Crippen LogP contribution in [0, 0.1) is 25.2 Å². The molecule has 0 aliphatic rings. The number of nitrogens with one attached hydrogen (secondary N) is 1. The van der Waals surface area contributed by atoms with Gasteiger partial charge in [-0.3, -0.25) is 0 Å². The fourth-order valence-electron chi connectivity index (χ4n) is 3.34. The summed E-state index contributed by atoms with van der Waals surface area (Å²) >= 11 is 0. The molecule has 2 aromatic carbocycles. The zero-order valence-corrected chi connectivity index (χ0v) is 18.6. The molecule has 0 saturated carbocycles. The third-order valence-electron chi connectivity index (χ3n) is 5.04. The maximum absolute atomic E-state index is 9.46. The minimum Gasteiger partial charge on any atom is -0.497 e. The molecule has 7 nitrogen and oxygen atoms in total. The van der Waals surface area contributed by atoms with Crippen LogP contribution in [-0.2, 0) is 6.61 Å². The van der Waals surface area contributed by atoms with Crippen molar-refractivity contribution in [3.8, 4) is 17.6 Å². The zero-order valence-electron chi connectivity index (χ0n) is 18.6. The summed E-state index contributed by atoms with van der Waals surface area (Å²) in [5, 5.41) is 12.7. The molecule has 1 unspecified atom stereocenters. The molecule has 1 atom stereocenters. The second-order valence-corrected chi connectivity index (χ2v) is 7.59. The molecule has 0 amide bonds. The van der Waals surface area contributed by atoms with Gasteiger partial charge in [-0.25, -0.2) is 0 Å². The molecule has 1 aromatic heterocycles. The van der Waals surface area contributed by atoms with Crippen molar-refractivity contribution in [1.29, 1.82) is 5.26 Å². The van der Waals surface area contributed by atoms with E-state index in [1.165, 1.54) is 5.56 Å². The van der Waals surface area contributed by atoms with E-state index in [0.29, 0.717) is 18.3 Å². The van der Waals surface area contributed by atoms with Crippen LogP contribution in [0.2, 0.25) is 0 Å². The molecule has 0 aliphatic heterocycles. The van der Waals surface area contributed by atoms with Gasteiger partial charge in [-0.15, -0.1) is 0 Å². The Morgan fingerprint density at radius 1 is 1.16 bits per heavy atom. The SMILES string of the molecule is COc1ccc(C(CNc2oc(COc3ccc(C)cc3C)nc2C#N)N(C)C)cc1. The first-order valence-corrected chi connectivity index (χ1v) is 10.1. The fraction of sp³-hybridized carbons (Fsp3) is 0.333. The van der Waals surface area contributed by atoms with Gasteiger partial charge in [-0.05, 0) is 57.3 Å². The molecule has 1 N–H and O–H groups in total. The lowest BCUT2D eigenvalue weighted by Crippen LogP contribution is -2.26. The molecule has 0 radical (unpaired) electrons. The molecular formula is C24H28N4O3. The summed E-state index contributed by atoms with van der Waals surface area (Å²) in [6.07, 6.45) is 0. The van der Waals surface area contributed by atoms with E-state index < -0.39 is 0 Å². The summed E-state index contributed by atoms with van der Waals surface area (Å²) in [5.74, 6) is 2.28. The van der Waals surface area contributed by atoms with Crippen LogP contribution in [0.25, 0.3) is 0 Å². The van der Waals surface area contributed by atoms with Crippen molar-refractivity contribution in [2.75, 3.05) is 33.1 Å². The van der Waals surface area contributed by atoms with Gasteiger partial charge in [0.2, 0.25) is 17.5 Å². The first-order valence-electron chi connectivity index (χ1n) is 10.1. The number of nitrogens with zero attached hydrogens (tertiary/aromatic N) is 3. The van der Waals surface area contributed by atoms with Crippen LogP contribution in [-0.4, -0.2) is 37.6 Å². The van der Waals surface area contributed by atoms with Crippen molar-refractivity contribution < 1.29 is 13.9 Å². The van der Waals surface area contributed by atoms with Gasteiger partial charge in [-0.2, -0.15) is 10.2 Å². The lowest BCUT2D eigenvalue weighted by Gasteiger charge is -2.25. The van der Waals surface area contributed by atoms with Crippen molar-refractivity contribution in [2.24, 2.45) is 0 Å². The number of rotatable bonds is 9. The second-order valence-electron chi connectivity index (χ2n) is 7.59. The van der Waals surface area contributed by atoms with Crippen molar-refractivity contribution in [3.63, 3.8) is 0 Å². The lowest BCUT2D eigenvalue weighted by atomic mass is 10.1. The van der Waals surface area contributed by atoms with E-state index in [9.17, 15) is 5.26 Å². The smallest absolute Gasteiger partial charge is 0.236 e. The van der Waals surface area contributed by atoms with Crippen LogP contribution in [0.5, 0.6) is 11.5 Å². The minimum absolute atomic E-state index is 0.0671. The molecule has 3 rings (SSSR count). The molecule has 0 bridgehead atoms. The van der Waals surface area contributed by atoms with Crippen molar-refractivity contribution in [2.45, 2.75) is 26.5 Å². The van der Waals surface area contributed by atoms with E-state index >= 15 is 0 Å². The van der Waals surface area contributed by atoms with Crippen LogP contribution in [0.4, 0.5) is 5.88 Å². The number of hydrogen-bond acceptors (Lipinski definition) is 7. The third-order valence-corrected chi connectivity index (χ3v) is 5.04. The number of methoxy groups -OCH3 is 1. The Morgan fingerprint density at radius 2 is 1.90 bits per heavy atom. The monoisotopic (exact) mass is 420 g/mol. The number of hydrogen-bond donors (Lipinski definition) is 1. The van der Waals surface area contributed by atoms with Crippen molar-refractivity contribution in [1.82, 2.24) is 9.88 Å². The quantitative estimate of drug-likeness (QED) is 0.547. The van der Waals surface area contributed by atoms with Crippen LogP contribution in [0.1, 0.15) is 34.3 Å². The maximum Gasteiger partial charge on any atom is 0.236 e. The Labute approximate surface area is 183 Å². The van der Waals surface area contributed by atoms with Gasteiger partial charge in [0, 0.05) is 6.54 Å². The lowest BCUT2D eigenvalue weighted by molar-refractivity contribution is 0.262. The average Bonchev–Trinajstić information content (AvgIpc) is 3.15. The van der Waals surface area contributed by atoms with Crippen LogP contribution in [0.15, 0.2) is 46.9 Å². The molecule has 0 saturated heterocycles. The van der Waals surface area contributed by atoms with Gasteiger partial charge in [0.15, 0.2) is 6.61 Å². The first-order chi connectivity index (χ1) is 14.9. The summed E-state index contributed by atoms with van der Waals surface area (Å²) in [6, 6.07) is 16.1. The van der Waals surface area contributed by atoms with Gasteiger partial charge in [0.05, 0.1) is 13.2 Å². The predicted molar refractivity (Wildman–Crippen MR) is 119 cm³/mol. The van der Waals surface area contributed by atoms with Crippen LogP contribution in [0.3, 0.4) is 0 Å². The van der Waals surface area contributed by atoms with Gasteiger partial charge in [-0.1, -0.05) is 29.8 Å². The molecule has 162 valence electrons. The molecule has 0 fully saturated rings. The minimum atomic E-state index is 0.0671. The van der Waals surface area contributed by atoms with E-state index in [-0.39, 0.29) is 18.3 Å². The topological polar surface area (TPSA) is 83.5 Å². The molecule has 0 spiro atoms. The van der Waals surface area contributed by atoms with Gasteiger partial charge in [0.25, 0.3) is 0 Å². The van der Waals surface area contributed by atoms with E-state index in [0.717, 1.165) is 22.6 Å². The fourth-order valence-corrected chi connectivity index (χ4v) is 3.34. The van der Waals surface area contributed by atoms with Crippen LogP contribution >= 0.6 is 0 Å². The molecule has 7 heteroatoms. The number of ether oxygens (including phenoxy) is 2. The number of nitriles is 1. The van der Waals surface area contributed by atoms with Gasteiger partial charge < -0.3 is 24.1 Å². The van der Waals surface area contributed by atoms with E-state index in [1.807, 2.05) is 64.3 Å². The highest BCUT2D eigenvalue weighted by Gasteiger charge is 2.18. The molecule has 1 heterocycles. The van der Waals surface area contributed by atoms with Gasteiger partial charge in [0.1, 0.15) is 17.6 Å². The third kappa shape index (κ3) is 5.56. The van der Waals surface area contributed by atoms with Gasteiger partial charge >= 0.3 is 0 Å². The number of aromatic nitrogens is 1. The van der Waals surface area contributed by atoms with Crippen molar-refractivity contribution in [3.05, 3.63) is 70.7 Å². The number of oxazole rings is 1. The summed E-state index contributed by atoms with van der Waals surface area (Å²) in [5.41, 5.74) is 3.55. The largest absolute Gasteiger partial charge is 0.497 e. The standard InChI is InChI=1S/C24H28N4O3/c1-16-6-11-22(17(2)12-16)30-15-23-27-20(13-25)24(31-23)26-14-21(28(3)4)18-7-9-19(29-5)10-8-18/h6-12,21,26H,14-15H2,1-5H3. The van der Waals surface area contributed by atoms with Crippen molar-refractivity contribution >= 4 is 5.88 Å². The highest BCUT2D eigenvalue weighted by Crippen LogP contribution is 2.25. The Bertz CT molecular complexity index is 1050. The average molecular weight is 421 g/mol. The Morgan fingerprint density at radius 3 is 2.52 bits per heavy atom. The Kier molecular flexibility index (Phi) is 7.16. The number of aryl methyl sites for hydroxylation is 2. The predicted octanol–water partition coefficient (Wildman–Crippen LogP) is 4.47. The Balaban J connectivity index is 1.69. The molecule has 3 aromatic rings. The maximum atomic E-state index is 9.46. The first kappa shape index (κ1) is 22.2. The second kappa shape index (κ2) is 10.0. The molecular weight excluding hydrogens is 392 g/mol. The highest BCUT2D eigenvalue weighted by atomic mass is 16.5. The summed E-state index contributed by atoms with van der Waals surface area (Å²) < 4.78 is 16.9. The van der Waals surface area contributed by atoms with E-state index in [4.69, 9.17) is 13.9 Å². The molecule has 0 aliphatic carbocycles. The zero-order chi connectivity index (χ0) is 22.4. The number of benzene rings is 2. The van der Waals surface area contributed by atoms with Crippen LogP contribution < -0.4 is 14.8 Å². The normalized spacial score (nSPS) is 11.8. The number of likely N-dealkylation sites (N-methyl/N-ethyl adjacent to an activating group) is 1. The summed E-state index contributed by atoms with van der Waals surface area (Å²) in [6.45, 7) is 4.72. The molecule has 31 heavy (non-hydrogen) atoms.